The lowest BCUT2D eigenvalue weighted by Crippen LogP contribution is -2.38. The highest BCUT2D eigenvalue weighted by Crippen LogP contribution is 2.38. The van der Waals surface area contributed by atoms with Gasteiger partial charge in [-0.2, -0.15) is 0 Å². The van der Waals surface area contributed by atoms with Gasteiger partial charge in [0.25, 0.3) is 0 Å². The van der Waals surface area contributed by atoms with Crippen LogP contribution in [0.2, 0.25) is 0 Å². The summed E-state index contributed by atoms with van der Waals surface area (Å²) in [5, 5.41) is 0. The molecule has 0 aromatic carbocycles. The highest BCUT2D eigenvalue weighted by atomic mass is 16.5. The summed E-state index contributed by atoms with van der Waals surface area (Å²) in [5.41, 5.74) is 0.751. The number of ether oxygens (including phenoxy) is 2. The number of hydrogen-bond donors (Lipinski definition) is 0. The molecule has 3 aliphatic rings. The summed E-state index contributed by atoms with van der Waals surface area (Å²) in [5.74, 6) is 2.84. The summed E-state index contributed by atoms with van der Waals surface area (Å²) in [6.07, 6.45) is 10.6. The molecule has 0 heterocycles. The summed E-state index contributed by atoms with van der Waals surface area (Å²) in [6.45, 7) is 13.4. The lowest BCUT2D eigenvalue weighted by atomic mass is 9.75. The van der Waals surface area contributed by atoms with Crippen molar-refractivity contribution in [3.8, 4) is 0 Å². The van der Waals surface area contributed by atoms with E-state index in [0.717, 1.165) is 31.3 Å². The number of esters is 2. The molecule has 4 nitrogen and oxygen atoms in total. The SMILES string of the molecule is CC(C)[C@H]1CC[C@@H](C)C[C@H]1OC(=O)C1=CC[C@H](C(=O)O[C@@H]2C[C@@H](C)CC[C@@H]2C(C)C)CC1. The number of allylic oxidation sites excluding steroid dienone is 1. The number of carbonyl (C=O) groups excluding carboxylic acids is 2. The van der Waals surface area contributed by atoms with Crippen molar-refractivity contribution in [1.29, 1.82) is 0 Å². The molecule has 2 saturated carbocycles. The smallest absolute Gasteiger partial charge is 0.333 e. The van der Waals surface area contributed by atoms with E-state index in [1.807, 2.05) is 6.08 Å². The van der Waals surface area contributed by atoms with Crippen LogP contribution in [-0.4, -0.2) is 24.1 Å². The second kappa shape index (κ2) is 11.2. The number of carbonyl (C=O) groups is 2. The normalized spacial score (nSPS) is 36.0. The lowest BCUT2D eigenvalue weighted by Gasteiger charge is -2.38. The van der Waals surface area contributed by atoms with E-state index in [-0.39, 0.29) is 30.1 Å². The molecule has 4 heteroatoms. The van der Waals surface area contributed by atoms with Gasteiger partial charge in [0.2, 0.25) is 0 Å². The van der Waals surface area contributed by atoms with Crippen LogP contribution in [0.25, 0.3) is 0 Å². The molecule has 0 N–H and O–H groups in total. The van der Waals surface area contributed by atoms with E-state index in [4.69, 9.17) is 9.47 Å². The second-order valence-electron chi connectivity index (χ2n) is 11.8. The zero-order valence-electron chi connectivity index (χ0n) is 21.3. The Morgan fingerprint density at radius 1 is 0.812 bits per heavy atom. The van der Waals surface area contributed by atoms with Crippen LogP contribution in [0.1, 0.15) is 99.3 Å². The molecule has 0 aromatic rings. The summed E-state index contributed by atoms with van der Waals surface area (Å²) >= 11 is 0. The number of rotatable bonds is 6. The van der Waals surface area contributed by atoms with E-state index in [9.17, 15) is 9.59 Å². The van der Waals surface area contributed by atoms with E-state index in [0.29, 0.717) is 54.8 Å². The minimum atomic E-state index is -0.164. The minimum absolute atomic E-state index is 0.0242. The van der Waals surface area contributed by atoms with Crippen LogP contribution < -0.4 is 0 Å². The fourth-order valence-corrected chi connectivity index (χ4v) is 6.19. The average molecular weight is 447 g/mol. The van der Waals surface area contributed by atoms with Gasteiger partial charge in [-0.3, -0.25) is 4.79 Å². The third kappa shape index (κ3) is 6.38. The van der Waals surface area contributed by atoms with Crippen molar-refractivity contribution in [1.82, 2.24) is 0 Å². The van der Waals surface area contributed by atoms with Gasteiger partial charge in [-0.15, -0.1) is 0 Å². The molecule has 3 aliphatic carbocycles. The first-order valence-electron chi connectivity index (χ1n) is 13.3. The van der Waals surface area contributed by atoms with Crippen molar-refractivity contribution in [2.24, 2.45) is 41.4 Å². The number of hydrogen-bond acceptors (Lipinski definition) is 4. The zero-order chi connectivity index (χ0) is 23.4. The Kier molecular flexibility index (Phi) is 8.86. The largest absolute Gasteiger partial charge is 0.462 e. The van der Waals surface area contributed by atoms with Crippen LogP contribution in [0.15, 0.2) is 11.6 Å². The van der Waals surface area contributed by atoms with Gasteiger partial charge in [0.1, 0.15) is 12.2 Å². The van der Waals surface area contributed by atoms with Crippen molar-refractivity contribution >= 4 is 11.9 Å². The van der Waals surface area contributed by atoms with Crippen molar-refractivity contribution < 1.29 is 19.1 Å². The predicted molar refractivity (Wildman–Crippen MR) is 128 cm³/mol. The maximum absolute atomic E-state index is 12.9. The minimum Gasteiger partial charge on any atom is -0.462 e. The van der Waals surface area contributed by atoms with Gasteiger partial charge >= 0.3 is 11.9 Å². The van der Waals surface area contributed by atoms with Gasteiger partial charge in [-0.05, 0) is 80.5 Å². The third-order valence-corrected chi connectivity index (χ3v) is 8.46. The Bertz CT molecular complexity index is 679. The molecule has 7 atom stereocenters. The van der Waals surface area contributed by atoms with Gasteiger partial charge in [0, 0.05) is 5.57 Å². The zero-order valence-corrected chi connectivity index (χ0v) is 21.3. The Morgan fingerprint density at radius 2 is 1.34 bits per heavy atom. The predicted octanol–water partition coefficient (Wildman–Crippen LogP) is 6.72. The lowest BCUT2D eigenvalue weighted by molar-refractivity contribution is -0.162. The highest BCUT2D eigenvalue weighted by Gasteiger charge is 2.37. The third-order valence-electron chi connectivity index (χ3n) is 8.46. The van der Waals surface area contributed by atoms with Crippen LogP contribution in [-0.2, 0) is 19.1 Å². The molecule has 182 valence electrons. The van der Waals surface area contributed by atoms with E-state index in [1.54, 1.807) is 0 Å². The Labute approximate surface area is 195 Å². The van der Waals surface area contributed by atoms with Crippen molar-refractivity contribution in [3.63, 3.8) is 0 Å². The van der Waals surface area contributed by atoms with Gasteiger partial charge in [0.05, 0.1) is 5.92 Å². The average Bonchev–Trinajstić information content (AvgIpc) is 2.73. The molecule has 0 bridgehead atoms. The first-order valence-corrected chi connectivity index (χ1v) is 13.3. The first kappa shape index (κ1) is 25.3. The van der Waals surface area contributed by atoms with Gasteiger partial charge in [0.15, 0.2) is 0 Å². The fraction of sp³-hybridized carbons (Fsp3) is 0.857. The summed E-state index contributed by atoms with van der Waals surface area (Å²) in [4.78, 5) is 25.8. The molecule has 0 spiro atoms. The van der Waals surface area contributed by atoms with Gasteiger partial charge < -0.3 is 9.47 Å². The summed E-state index contributed by atoms with van der Waals surface area (Å²) in [6, 6.07) is 0. The topological polar surface area (TPSA) is 52.6 Å². The van der Waals surface area contributed by atoms with E-state index < -0.39 is 0 Å². The molecule has 0 aromatic heterocycles. The Hall–Kier alpha value is -1.32. The maximum atomic E-state index is 12.9. The van der Waals surface area contributed by atoms with Crippen LogP contribution in [0, 0.1) is 41.4 Å². The molecule has 3 rings (SSSR count). The first-order chi connectivity index (χ1) is 15.2. The van der Waals surface area contributed by atoms with E-state index in [2.05, 4.69) is 41.5 Å². The van der Waals surface area contributed by atoms with Crippen LogP contribution >= 0.6 is 0 Å². The second-order valence-corrected chi connectivity index (χ2v) is 11.8. The summed E-state index contributed by atoms with van der Waals surface area (Å²) < 4.78 is 12.1. The Balaban J connectivity index is 1.54. The quantitative estimate of drug-likeness (QED) is 0.425. The highest BCUT2D eigenvalue weighted by molar-refractivity contribution is 5.89. The summed E-state index contributed by atoms with van der Waals surface area (Å²) in [7, 11) is 0. The van der Waals surface area contributed by atoms with Crippen molar-refractivity contribution in [2.45, 2.75) is 112 Å². The standard InChI is InChI=1S/C28H46O4/c1-17(2)23-13-7-19(5)15-25(23)31-27(29)21-9-11-22(12-10-21)28(30)32-26-16-20(6)8-14-24(26)18(3)4/h9,17-20,22-26H,7-8,10-16H2,1-6H3/t19-,20+,22+,23-,24-,25-,26-/m1/s1. The maximum Gasteiger partial charge on any atom is 0.333 e. The fourth-order valence-electron chi connectivity index (χ4n) is 6.19. The molecule has 2 fully saturated rings. The van der Waals surface area contributed by atoms with Gasteiger partial charge in [-0.25, -0.2) is 4.79 Å². The van der Waals surface area contributed by atoms with E-state index >= 15 is 0 Å². The molecular formula is C28H46O4. The molecule has 32 heavy (non-hydrogen) atoms. The van der Waals surface area contributed by atoms with Crippen LogP contribution in [0.5, 0.6) is 0 Å². The Morgan fingerprint density at radius 3 is 1.81 bits per heavy atom. The molecule has 0 saturated heterocycles. The molecule has 0 amide bonds. The van der Waals surface area contributed by atoms with Crippen molar-refractivity contribution in [3.05, 3.63) is 11.6 Å². The van der Waals surface area contributed by atoms with E-state index in [1.165, 1.54) is 12.8 Å². The molecular weight excluding hydrogens is 400 g/mol. The van der Waals surface area contributed by atoms with Gasteiger partial charge in [-0.1, -0.05) is 60.5 Å². The molecule has 0 radical (unpaired) electrons. The molecule has 0 unspecified atom stereocenters. The van der Waals surface area contributed by atoms with Crippen LogP contribution in [0.3, 0.4) is 0 Å². The van der Waals surface area contributed by atoms with Crippen molar-refractivity contribution in [2.75, 3.05) is 0 Å². The monoisotopic (exact) mass is 446 g/mol. The molecule has 0 aliphatic heterocycles. The van der Waals surface area contributed by atoms with Crippen LogP contribution in [0.4, 0.5) is 0 Å².